The first-order chi connectivity index (χ1) is 12.5. The Hall–Kier alpha value is -1.29. The molecule has 7 nitrogen and oxygen atoms in total. The van der Waals surface area contributed by atoms with Gasteiger partial charge in [-0.15, -0.1) is 24.0 Å². The summed E-state index contributed by atoms with van der Waals surface area (Å²) in [6.07, 6.45) is 3.23. The van der Waals surface area contributed by atoms with Crippen molar-refractivity contribution >= 4 is 35.8 Å². The zero-order chi connectivity index (χ0) is 19.2. The van der Waals surface area contributed by atoms with Crippen LogP contribution in [0.2, 0.25) is 0 Å². The number of halogens is 1. The van der Waals surface area contributed by atoms with Crippen LogP contribution in [0.5, 0.6) is 0 Å². The first-order valence-electron chi connectivity index (χ1n) is 9.46. The fourth-order valence-electron chi connectivity index (χ4n) is 2.20. The third kappa shape index (κ3) is 11.9. The Morgan fingerprint density at radius 1 is 1.22 bits per heavy atom. The Morgan fingerprint density at radius 3 is 2.59 bits per heavy atom. The van der Waals surface area contributed by atoms with E-state index in [0.29, 0.717) is 24.8 Å². The van der Waals surface area contributed by atoms with E-state index in [1.54, 1.807) is 6.07 Å². The number of carbonyl (C=O) groups is 1. The van der Waals surface area contributed by atoms with Gasteiger partial charge in [-0.2, -0.15) is 0 Å². The summed E-state index contributed by atoms with van der Waals surface area (Å²) in [6.45, 7) is 12.6. The van der Waals surface area contributed by atoms with Gasteiger partial charge in [0.1, 0.15) is 0 Å². The summed E-state index contributed by atoms with van der Waals surface area (Å²) in [4.78, 5) is 16.4. The van der Waals surface area contributed by atoms with Gasteiger partial charge in [-0.25, -0.2) is 0 Å². The molecule has 0 fully saturated rings. The van der Waals surface area contributed by atoms with Gasteiger partial charge in [0.2, 0.25) is 0 Å². The third-order valence-corrected chi connectivity index (χ3v) is 3.51. The average Bonchev–Trinajstić information content (AvgIpc) is 3.03. The highest BCUT2D eigenvalue weighted by molar-refractivity contribution is 14.0. The first kappa shape index (κ1) is 25.7. The predicted octanol–water partition coefficient (Wildman–Crippen LogP) is 2.94. The van der Waals surface area contributed by atoms with Crippen LogP contribution < -0.4 is 16.0 Å². The van der Waals surface area contributed by atoms with E-state index in [4.69, 9.17) is 9.15 Å². The summed E-state index contributed by atoms with van der Waals surface area (Å²) < 4.78 is 10.7. The first-order valence-corrected chi connectivity index (χ1v) is 9.46. The molecule has 0 aliphatic carbocycles. The lowest BCUT2D eigenvalue weighted by atomic mass is 10.2. The van der Waals surface area contributed by atoms with Crippen molar-refractivity contribution in [3.63, 3.8) is 0 Å². The second-order valence-corrected chi connectivity index (χ2v) is 6.55. The summed E-state index contributed by atoms with van der Waals surface area (Å²) >= 11 is 0. The van der Waals surface area contributed by atoms with Gasteiger partial charge in [0.25, 0.3) is 5.91 Å². The highest BCUT2D eigenvalue weighted by Crippen LogP contribution is 2.07. The summed E-state index contributed by atoms with van der Waals surface area (Å²) in [5.41, 5.74) is 0.844. The number of ether oxygens (including phenoxy) is 1. The van der Waals surface area contributed by atoms with Gasteiger partial charge < -0.3 is 25.1 Å². The third-order valence-electron chi connectivity index (χ3n) is 3.51. The number of amides is 1. The molecule has 0 saturated carbocycles. The zero-order valence-corrected chi connectivity index (χ0v) is 19.3. The van der Waals surface area contributed by atoms with Gasteiger partial charge in [-0.3, -0.25) is 9.79 Å². The lowest BCUT2D eigenvalue weighted by molar-refractivity contribution is 0.0925. The average molecular weight is 494 g/mol. The van der Waals surface area contributed by atoms with Gasteiger partial charge in [0.05, 0.1) is 6.26 Å². The van der Waals surface area contributed by atoms with Gasteiger partial charge >= 0.3 is 0 Å². The van der Waals surface area contributed by atoms with Crippen molar-refractivity contribution in [2.45, 2.75) is 40.5 Å². The van der Waals surface area contributed by atoms with E-state index in [-0.39, 0.29) is 29.9 Å². The molecule has 0 aliphatic heterocycles. The Bertz CT molecular complexity index is 547. The van der Waals surface area contributed by atoms with Crippen LogP contribution in [0.25, 0.3) is 0 Å². The Labute approximate surface area is 180 Å². The predicted molar refractivity (Wildman–Crippen MR) is 120 cm³/mol. The van der Waals surface area contributed by atoms with E-state index in [2.05, 4.69) is 34.8 Å². The molecule has 0 spiro atoms. The molecule has 0 unspecified atom stereocenters. The highest BCUT2D eigenvalue weighted by Gasteiger charge is 2.11. The second-order valence-electron chi connectivity index (χ2n) is 6.55. The summed E-state index contributed by atoms with van der Waals surface area (Å²) in [5, 5.41) is 9.36. The number of nitrogens with one attached hydrogen (secondary N) is 3. The van der Waals surface area contributed by atoms with Crippen molar-refractivity contribution in [2.24, 2.45) is 10.9 Å². The minimum atomic E-state index is -0.178. The molecular formula is C19H35IN4O3. The number of hydrogen-bond donors (Lipinski definition) is 3. The topological polar surface area (TPSA) is 87.9 Å². The number of hydrogen-bond acceptors (Lipinski definition) is 4. The van der Waals surface area contributed by atoms with Crippen LogP contribution >= 0.6 is 24.0 Å². The van der Waals surface area contributed by atoms with Gasteiger partial charge in [-0.1, -0.05) is 13.8 Å². The number of aryl methyl sites for hydroxylation is 1. The molecule has 1 aromatic rings. The van der Waals surface area contributed by atoms with Crippen LogP contribution in [0.3, 0.4) is 0 Å². The van der Waals surface area contributed by atoms with Crippen molar-refractivity contribution in [2.75, 3.05) is 39.4 Å². The summed E-state index contributed by atoms with van der Waals surface area (Å²) in [6, 6.07) is 1.78. The largest absolute Gasteiger partial charge is 0.459 e. The normalized spacial score (nSPS) is 11.2. The molecule has 1 aromatic heterocycles. The van der Waals surface area contributed by atoms with E-state index in [9.17, 15) is 4.79 Å². The Morgan fingerprint density at radius 2 is 1.96 bits per heavy atom. The monoisotopic (exact) mass is 494 g/mol. The van der Waals surface area contributed by atoms with E-state index in [1.165, 1.54) is 6.26 Å². The lowest BCUT2D eigenvalue weighted by Gasteiger charge is -2.12. The molecule has 1 amide bonds. The standard InChI is InChI=1S/C19H34N4O3.HI/c1-5-20-19(23-11-7-12-25-14-15(2)3)22-10-6-9-21-18(24)17-16(4)8-13-26-17;/h8,13,15H,5-7,9-12,14H2,1-4H3,(H,21,24)(H2,20,22,23);1H. The molecule has 3 N–H and O–H groups in total. The molecule has 0 aliphatic rings. The van der Waals surface area contributed by atoms with E-state index in [0.717, 1.165) is 50.7 Å². The molecular weight excluding hydrogens is 459 g/mol. The maximum Gasteiger partial charge on any atom is 0.287 e. The van der Waals surface area contributed by atoms with Crippen LogP contribution in [0.4, 0.5) is 0 Å². The van der Waals surface area contributed by atoms with Crippen molar-refractivity contribution in [1.82, 2.24) is 16.0 Å². The van der Waals surface area contributed by atoms with Crippen molar-refractivity contribution in [3.8, 4) is 0 Å². The number of aliphatic imine (C=N–C) groups is 1. The number of rotatable bonds is 12. The molecule has 27 heavy (non-hydrogen) atoms. The van der Waals surface area contributed by atoms with E-state index in [1.807, 2.05) is 13.8 Å². The maximum atomic E-state index is 11.9. The molecule has 8 heteroatoms. The minimum Gasteiger partial charge on any atom is -0.459 e. The molecule has 156 valence electrons. The van der Waals surface area contributed by atoms with E-state index < -0.39 is 0 Å². The van der Waals surface area contributed by atoms with Gasteiger partial charge in [0, 0.05) is 45.0 Å². The summed E-state index contributed by atoms with van der Waals surface area (Å²) in [7, 11) is 0. The Kier molecular flexibility index (Phi) is 15.0. The molecule has 0 aromatic carbocycles. The quantitative estimate of drug-likeness (QED) is 0.180. The molecule has 0 atom stereocenters. The van der Waals surface area contributed by atoms with Crippen molar-refractivity contribution in [3.05, 3.63) is 23.7 Å². The van der Waals surface area contributed by atoms with E-state index >= 15 is 0 Å². The highest BCUT2D eigenvalue weighted by atomic mass is 127. The van der Waals surface area contributed by atoms with Crippen molar-refractivity contribution in [1.29, 1.82) is 0 Å². The van der Waals surface area contributed by atoms with Gasteiger partial charge in [0.15, 0.2) is 11.7 Å². The SMILES string of the molecule is CCNC(=NCCCNC(=O)c1occc1C)NCCCOCC(C)C.I. The second kappa shape index (κ2) is 15.7. The van der Waals surface area contributed by atoms with Crippen LogP contribution in [-0.4, -0.2) is 51.3 Å². The number of guanidine groups is 1. The Balaban J connectivity index is 0.00000676. The van der Waals surface area contributed by atoms with Crippen LogP contribution in [0.15, 0.2) is 21.7 Å². The van der Waals surface area contributed by atoms with Gasteiger partial charge in [-0.05, 0) is 38.7 Å². The van der Waals surface area contributed by atoms with Crippen LogP contribution in [0, 0.1) is 12.8 Å². The molecule has 0 radical (unpaired) electrons. The smallest absolute Gasteiger partial charge is 0.287 e. The van der Waals surface area contributed by atoms with Crippen LogP contribution in [-0.2, 0) is 4.74 Å². The minimum absolute atomic E-state index is 0. The fourth-order valence-corrected chi connectivity index (χ4v) is 2.20. The van der Waals surface area contributed by atoms with Crippen molar-refractivity contribution < 1.29 is 13.9 Å². The molecule has 0 bridgehead atoms. The molecule has 0 saturated heterocycles. The van der Waals surface area contributed by atoms with Crippen LogP contribution in [0.1, 0.15) is 49.7 Å². The fraction of sp³-hybridized carbons (Fsp3) is 0.684. The maximum absolute atomic E-state index is 11.9. The number of furan rings is 1. The molecule has 1 rings (SSSR count). The number of carbonyl (C=O) groups excluding carboxylic acids is 1. The summed E-state index contributed by atoms with van der Waals surface area (Å²) in [5.74, 6) is 1.56. The molecule has 1 heterocycles. The lowest BCUT2D eigenvalue weighted by Crippen LogP contribution is -2.38. The zero-order valence-electron chi connectivity index (χ0n) is 17.0. The number of nitrogens with zero attached hydrogens (tertiary/aromatic N) is 1.